The highest BCUT2D eigenvalue weighted by molar-refractivity contribution is 5.13. The molecule has 0 saturated carbocycles. The average Bonchev–Trinajstić information content (AvgIpc) is 2.93. The molecule has 1 atom stereocenters. The fourth-order valence-electron chi connectivity index (χ4n) is 2.93. The lowest BCUT2D eigenvalue weighted by Gasteiger charge is -2.35. The normalized spacial score (nSPS) is 19.5. The first-order valence-corrected chi connectivity index (χ1v) is 7.69. The van der Waals surface area contributed by atoms with Crippen LogP contribution in [0.2, 0.25) is 0 Å². The van der Waals surface area contributed by atoms with E-state index in [1.165, 1.54) is 5.69 Å². The molecule has 0 radical (unpaired) electrons. The molecular formula is C16H22N4O2. The number of nitrogens with zero attached hydrogens (tertiary/aromatic N) is 3. The van der Waals surface area contributed by atoms with Crippen molar-refractivity contribution in [3.8, 4) is 0 Å². The number of aromatic nitrogens is 3. The molecule has 3 heterocycles. The molecule has 2 aromatic rings. The average molecular weight is 302 g/mol. The third kappa shape index (κ3) is 3.13. The molecule has 0 aromatic carbocycles. The van der Waals surface area contributed by atoms with Crippen LogP contribution in [0.3, 0.4) is 0 Å². The molecular weight excluding hydrogens is 280 g/mol. The van der Waals surface area contributed by atoms with Crippen LogP contribution >= 0.6 is 0 Å². The minimum absolute atomic E-state index is 0.0782. The van der Waals surface area contributed by atoms with Crippen LogP contribution in [0.25, 0.3) is 0 Å². The van der Waals surface area contributed by atoms with Gasteiger partial charge in [0.15, 0.2) is 0 Å². The van der Waals surface area contributed by atoms with E-state index < -0.39 is 0 Å². The highest BCUT2D eigenvalue weighted by Gasteiger charge is 2.26. The van der Waals surface area contributed by atoms with Crippen molar-refractivity contribution in [1.82, 2.24) is 19.4 Å². The fraction of sp³-hybridized carbons (Fsp3) is 0.500. The summed E-state index contributed by atoms with van der Waals surface area (Å²) in [4.78, 5) is 21.4. The predicted octanol–water partition coefficient (Wildman–Crippen LogP) is 1.24. The molecule has 22 heavy (non-hydrogen) atoms. The van der Waals surface area contributed by atoms with Gasteiger partial charge in [0.2, 0.25) is 0 Å². The third-order valence-electron chi connectivity index (χ3n) is 4.12. The summed E-state index contributed by atoms with van der Waals surface area (Å²) in [6, 6.07) is 5.91. The first kappa shape index (κ1) is 15.0. The van der Waals surface area contributed by atoms with Crippen molar-refractivity contribution in [3.63, 3.8) is 0 Å². The molecule has 3 rings (SSSR count). The smallest absolute Gasteiger partial charge is 0.251 e. The quantitative estimate of drug-likeness (QED) is 0.923. The summed E-state index contributed by atoms with van der Waals surface area (Å²) in [6.45, 7) is 4.83. The van der Waals surface area contributed by atoms with E-state index in [1.54, 1.807) is 6.07 Å². The maximum atomic E-state index is 11.7. The predicted molar refractivity (Wildman–Crippen MR) is 83.6 cm³/mol. The summed E-state index contributed by atoms with van der Waals surface area (Å²) in [5, 5.41) is 0. The van der Waals surface area contributed by atoms with Gasteiger partial charge in [-0.15, -0.1) is 0 Å². The van der Waals surface area contributed by atoms with Crippen LogP contribution in [0.1, 0.15) is 30.2 Å². The van der Waals surface area contributed by atoms with Gasteiger partial charge < -0.3 is 14.3 Å². The lowest BCUT2D eigenvalue weighted by molar-refractivity contribution is -0.0163. The lowest BCUT2D eigenvalue weighted by atomic mass is 10.1. The maximum absolute atomic E-state index is 11.7. The van der Waals surface area contributed by atoms with Gasteiger partial charge in [-0.2, -0.15) is 0 Å². The highest BCUT2D eigenvalue weighted by atomic mass is 16.5. The topological polar surface area (TPSA) is 63.1 Å². The molecule has 1 unspecified atom stereocenters. The van der Waals surface area contributed by atoms with E-state index in [-0.39, 0.29) is 11.6 Å². The van der Waals surface area contributed by atoms with E-state index in [1.807, 2.05) is 26.2 Å². The van der Waals surface area contributed by atoms with Crippen molar-refractivity contribution in [1.29, 1.82) is 0 Å². The maximum Gasteiger partial charge on any atom is 0.251 e. The van der Waals surface area contributed by atoms with Crippen molar-refractivity contribution in [2.45, 2.75) is 25.9 Å². The number of nitrogens with one attached hydrogen (secondary N) is 1. The number of H-pyrrole nitrogens is 1. The Morgan fingerprint density at radius 3 is 3.09 bits per heavy atom. The molecule has 0 spiro atoms. The van der Waals surface area contributed by atoms with Crippen LogP contribution in [0.5, 0.6) is 0 Å². The zero-order chi connectivity index (χ0) is 15.5. The summed E-state index contributed by atoms with van der Waals surface area (Å²) < 4.78 is 7.77. The van der Waals surface area contributed by atoms with Crippen molar-refractivity contribution in [2.24, 2.45) is 7.05 Å². The molecule has 1 aliphatic heterocycles. The molecule has 1 aliphatic rings. The van der Waals surface area contributed by atoms with Crippen molar-refractivity contribution in [2.75, 3.05) is 19.8 Å². The van der Waals surface area contributed by atoms with Gasteiger partial charge >= 0.3 is 0 Å². The minimum atomic E-state index is -0.0782. The van der Waals surface area contributed by atoms with Gasteiger partial charge in [0.1, 0.15) is 5.82 Å². The fourth-order valence-corrected chi connectivity index (χ4v) is 2.93. The molecule has 0 bridgehead atoms. The molecule has 0 aliphatic carbocycles. The van der Waals surface area contributed by atoms with Crippen molar-refractivity contribution >= 4 is 0 Å². The summed E-state index contributed by atoms with van der Waals surface area (Å²) in [5.41, 5.74) is 1.97. The second kappa shape index (κ2) is 6.46. The second-order valence-electron chi connectivity index (χ2n) is 5.64. The van der Waals surface area contributed by atoms with Gasteiger partial charge in [-0.3, -0.25) is 9.69 Å². The molecule has 1 saturated heterocycles. The molecule has 6 nitrogen and oxygen atoms in total. The standard InChI is InChI=1S/C16H22N4O2/c1-3-12-9-16(21)18-15(17-12)10-20-7-8-22-11-14(20)13-5-4-6-19(13)2/h4-6,9,14H,3,7-8,10-11H2,1-2H3,(H,17,18,21). The summed E-state index contributed by atoms with van der Waals surface area (Å²) in [5.74, 6) is 0.727. The van der Waals surface area contributed by atoms with Gasteiger partial charge in [-0.05, 0) is 18.6 Å². The van der Waals surface area contributed by atoms with E-state index in [4.69, 9.17) is 4.74 Å². The molecule has 0 amide bonds. The zero-order valence-corrected chi connectivity index (χ0v) is 13.1. The Hall–Kier alpha value is -1.92. The van der Waals surface area contributed by atoms with Crippen LogP contribution in [-0.4, -0.2) is 39.2 Å². The van der Waals surface area contributed by atoms with Gasteiger partial charge in [0.25, 0.3) is 5.56 Å². The number of hydrogen-bond acceptors (Lipinski definition) is 4. The minimum Gasteiger partial charge on any atom is -0.378 e. The Bertz CT molecular complexity index is 691. The number of morpholine rings is 1. The Balaban J connectivity index is 1.84. The van der Waals surface area contributed by atoms with Crippen LogP contribution in [0, 0.1) is 0 Å². The Morgan fingerprint density at radius 2 is 2.36 bits per heavy atom. The van der Waals surface area contributed by atoms with E-state index >= 15 is 0 Å². The SMILES string of the molecule is CCc1cc(=O)[nH]c(CN2CCOCC2c2cccn2C)n1. The highest BCUT2D eigenvalue weighted by Crippen LogP contribution is 2.25. The molecule has 6 heteroatoms. The van der Waals surface area contributed by atoms with E-state index in [2.05, 4.69) is 25.5 Å². The van der Waals surface area contributed by atoms with Gasteiger partial charge in [-0.1, -0.05) is 6.92 Å². The number of rotatable bonds is 4. The number of aryl methyl sites for hydroxylation is 2. The number of hydrogen-bond donors (Lipinski definition) is 1. The first-order chi connectivity index (χ1) is 10.7. The molecule has 2 aromatic heterocycles. The second-order valence-corrected chi connectivity index (χ2v) is 5.64. The van der Waals surface area contributed by atoms with Gasteiger partial charge in [0.05, 0.1) is 25.8 Å². The first-order valence-electron chi connectivity index (χ1n) is 7.69. The van der Waals surface area contributed by atoms with Crippen LogP contribution in [-0.2, 0) is 24.8 Å². The lowest BCUT2D eigenvalue weighted by Crippen LogP contribution is -2.40. The Labute approximate surface area is 129 Å². The van der Waals surface area contributed by atoms with Crippen LogP contribution < -0.4 is 5.56 Å². The largest absolute Gasteiger partial charge is 0.378 e. The zero-order valence-electron chi connectivity index (χ0n) is 13.1. The van der Waals surface area contributed by atoms with Crippen molar-refractivity contribution < 1.29 is 4.74 Å². The monoisotopic (exact) mass is 302 g/mol. The molecule has 118 valence electrons. The third-order valence-corrected chi connectivity index (χ3v) is 4.12. The Morgan fingerprint density at radius 1 is 1.50 bits per heavy atom. The van der Waals surface area contributed by atoms with E-state index in [0.717, 1.165) is 24.5 Å². The van der Waals surface area contributed by atoms with Gasteiger partial charge in [0, 0.05) is 37.2 Å². The van der Waals surface area contributed by atoms with Crippen LogP contribution in [0.15, 0.2) is 29.2 Å². The number of ether oxygens (including phenoxy) is 1. The number of aromatic amines is 1. The Kier molecular flexibility index (Phi) is 4.40. The van der Waals surface area contributed by atoms with Crippen molar-refractivity contribution in [3.05, 3.63) is 52.0 Å². The molecule has 1 fully saturated rings. The van der Waals surface area contributed by atoms with Gasteiger partial charge in [-0.25, -0.2) is 4.98 Å². The summed E-state index contributed by atoms with van der Waals surface area (Å²) in [7, 11) is 2.04. The summed E-state index contributed by atoms with van der Waals surface area (Å²) >= 11 is 0. The van der Waals surface area contributed by atoms with E-state index in [9.17, 15) is 4.79 Å². The van der Waals surface area contributed by atoms with E-state index in [0.29, 0.717) is 19.8 Å². The molecule has 1 N–H and O–H groups in total. The van der Waals surface area contributed by atoms with Crippen LogP contribution in [0.4, 0.5) is 0 Å². The summed E-state index contributed by atoms with van der Waals surface area (Å²) in [6.07, 6.45) is 2.81.